The molecule has 0 bridgehead atoms. The summed E-state index contributed by atoms with van der Waals surface area (Å²) in [5.74, 6) is -0.717. The molecule has 29 heavy (non-hydrogen) atoms. The highest BCUT2D eigenvalue weighted by atomic mass is 35.5. The van der Waals surface area contributed by atoms with E-state index >= 15 is 0 Å². The summed E-state index contributed by atoms with van der Waals surface area (Å²) in [6.07, 6.45) is 2.72. The number of aromatic nitrogens is 1. The van der Waals surface area contributed by atoms with Gasteiger partial charge < -0.3 is 4.57 Å². The molecule has 0 fully saturated rings. The van der Waals surface area contributed by atoms with Crippen molar-refractivity contribution in [3.8, 4) is 0 Å². The van der Waals surface area contributed by atoms with E-state index in [2.05, 4.69) is 10.5 Å². The fraction of sp³-hybridized carbons (Fsp3) is 0.0500. The Hall–Kier alpha value is -3.78. The molecule has 1 aromatic heterocycles. The SMILES string of the molecule is O=C(N/N=C\c1ccccc1[N+](=O)[O-])c1cccn(Cc2cccc(Cl)c2)c1=O. The van der Waals surface area contributed by atoms with Crippen molar-refractivity contribution in [1.29, 1.82) is 0 Å². The molecule has 1 N–H and O–H groups in total. The number of hydrazone groups is 1. The summed E-state index contributed by atoms with van der Waals surface area (Å²) >= 11 is 5.96. The van der Waals surface area contributed by atoms with Gasteiger partial charge >= 0.3 is 0 Å². The lowest BCUT2D eigenvalue weighted by molar-refractivity contribution is -0.385. The van der Waals surface area contributed by atoms with Gasteiger partial charge in [0.15, 0.2) is 0 Å². The number of nitrogens with one attached hydrogen (secondary N) is 1. The molecule has 0 atom stereocenters. The van der Waals surface area contributed by atoms with Gasteiger partial charge in [-0.3, -0.25) is 19.7 Å². The molecule has 0 aliphatic heterocycles. The van der Waals surface area contributed by atoms with Gasteiger partial charge in [-0.1, -0.05) is 35.9 Å². The first-order valence-corrected chi connectivity index (χ1v) is 8.84. The molecule has 3 rings (SSSR count). The van der Waals surface area contributed by atoms with Crippen molar-refractivity contribution < 1.29 is 9.72 Å². The number of nitro groups is 1. The molecule has 0 aliphatic rings. The van der Waals surface area contributed by atoms with Crippen LogP contribution in [0.1, 0.15) is 21.5 Å². The molecule has 0 spiro atoms. The highest BCUT2D eigenvalue weighted by molar-refractivity contribution is 6.30. The second kappa shape index (κ2) is 8.94. The molecule has 0 saturated heterocycles. The Bertz CT molecular complexity index is 1160. The van der Waals surface area contributed by atoms with Crippen molar-refractivity contribution in [2.24, 2.45) is 5.10 Å². The van der Waals surface area contributed by atoms with Gasteiger partial charge in [-0.15, -0.1) is 0 Å². The molecule has 0 saturated carbocycles. The predicted molar refractivity (Wildman–Crippen MR) is 109 cm³/mol. The molecule has 146 valence electrons. The molecular weight excluding hydrogens is 396 g/mol. The van der Waals surface area contributed by atoms with Crippen LogP contribution in [0.15, 0.2) is 76.8 Å². The Morgan fingerprint density at radius 1 is 1.17 bits per heavy atom. The number of nitrogens with zero attached hydrogens (tertiary/aromatic N) is 3. The number of hydrogen-bond acceptors (Lipinski definition) is 5. The van der Waals surface area contributed by atoms with Gasteiger partial charge in [0, 0.05) is 17.3 Å². The van der Waals surface area contributed by atoms with Gasteiger partial charge in [0.1, 0.15) is 5.56 Å². The van der Waals surface area contributed by atoms with Crippen molar-refractivity contribution in [3.63, 3.8) is 0 Å². The summed E-state index contributed by atoms with van der Waals surface area (Å²) in [6.45, 7) is 0.250. The third-order valence-corrected chi connectivity index (χ3v) is 4.25. The summed E-state index contributed by atoms with van der Waals surface area (Å²) in [6, 6.07) is 16.0. The lowest BCUT2D eigenvalue weighted by Crippen LogP contribution is -2.30. The molecule has 1 amide bonds. The van der Waals surface area contributed by atoms with Crippen LogP contribution >= 0.6 is 11.6 Å². The summed E-state index contributed by atoms with van der Waals surface area (Å²) in [5, 5.41) is 15.3. The van der Waals surface area contributed by atoms with Crippen LogP contribution in [0.25, 0.3) is 0 Å². The molecule has 2 aromatic carbocycles. The van der Waals surface area contributed by atoms with Crippen LogP contribution in [0.4, 0.5) is 5.69 Å². The predicted octanol–water partition coefficient (Wildman–Crippen LogP) is 3.22. The molecule has 3 aromatic rings. The molecular formula is C20H15ClN4O4. The van der Waals surface area contributed by atoms with Crippen LogP contribution in [0.5, 0.6) is 0 Å². The fourth-order valence-corrected chi connectivity index (χ4v) is 2.86. The fourth-order valence-electron chi connectivity index (χ4n) is 2.65. The second-order valence-corrected chi connectivity index (χ2v) is 6.44. The third kappa shape index (κ3) is 4.94. The average Bonchev–Trinajstić information content (AvgIpc) is 2.70. The number of carbonyl (C=O) groups excluding carboxylic acids is 1. The second-order valence-electron chi connectivity index (χ2n) is 6.00. The highest BCUT2D eigenvalue weighted by Crippen LogP contribution is 2.15. The van der Waals surface area contributed by atoms with Gasteiger partial charge in [-0.25, -0.2) is 5.43 Å². The van der Waals surface area contributed by atoms with E-state index in [-0.39, 0.29) is 23.4 Å². The van der Waals surface area contributed by atoms with Crippen molar-refractivity contribution >= 4 is 29.4 Å². The van der Waals surface area contributed by atoms with E-state index in [1.807, 2.05) is 6.07 Å². The van der Waals surface area contributed by atoms with Crippen molar-refractivity contribution in [3.05, 3.63) is 109 Å². The largest absolute Gasteiger partial charge is 0.310 e. The third-order valence-electron chi connectivity index (χ3n) is 4.01. The Morgan fingerprint density at radius 3 is 2.72 bits per heavy atom. The maximum atomic E-state index is 12.6. The van der Waals surface area contributed by atoms with Crippen molar-refractivity contribution in [2.45, 2.75) is 6.54 Å². The highest BCUT2D eigenvalue weighted by Gasteiger charge is 2.13. The van der Waals surface area contributed by atoms with Gasteiger partial charge in [0.2, 0.25) is 0 Å². The molecule has 9 heteroatoms. The van der Waals surface area contributed by atoms with E-state index in [0.717, 1.165) is 11.8 Å². The van der Waals surface area contributed by atoms with Crippen LogP contribution in [0.2, 0.25) is 5.02 Å². The smallest absolute Gasteiger partial charge is 0.278 e. The number of halogens is 1. The summed E-state index contributed by atoms with van der Waals surface area (Å²) < 4.78 is 1.38. The number of nitro benzene ring substituents is 1. The van der Waals surface area contributed by atoms with Crippen LogP contribution in [0.3, 0.4) is 0 Å². The Balaban J connectivity index is 1.77. The number of hydrogen-bond donors (Lipinski definition) is 1. The van der Waals surface area contributed by atoms with Gasteiger partial charge in [0.25, 0.3) is 17.2 Å². The van der Waals surface area contributed by atoms with Crippen molar-refractivity contribution in [2.75, 3.05) is 0 Å². The molecule has 1 heterocycles. The van der Waals surface area contributed by atoms with Gasteiger partial charge in [-0.2, -0.15) is 5.10 Å². The first-order valence-electron chi connectivity index (χ1n) is 8.46. The Labute approximate surface area is 170 Å². The lowest BCUT2D eigenvalue weighted by Gasteiger charge is -2.08. The molecule has 0 unspecified atom stereocenters. The number of rotatable bonds is 6. The number of benzene rings is 2. The van der Waals surface area contributed by atoms with E-state index in [9.17, 15) is 19.7 Å². The van der Waals surface area contributed by atoms with E-state index < -0.39 is 16.4 Å². The van der Waals surface area contributed by atoms with Crippen LogP contribution in [-0.2, 0) is 6.54 Å². The first kappa shape index (κ1) is 20.0. The monoisotopic (exact) mass is 410 g/mol. The van der Waals surface area contributed by atoms with Crippen LogP contribution in [-0.4, -0.2) is 21.6 Å². The normalized spacial score (nSPS) is 10.8. The minimum Gasteiger partial charge on any atom is -0.310 e. The van der Waals surface area contributed by atoms with Crippen molar-refractivity contribution in [1.82, 2.24) is 9.99 Å². The number of amides is 1. The minimum absolute atomic E-state index is 0.103. The average molecular weight is 411 g/mol. The van der Waals surface area contributed by atoms with E-state index in [4.69, 9.17) is 11.6 Å². The van der Waals surface area contributed by atoms with E-state index in [0.29, 0.717) is 5.02 Å². The molecule has 0 radical (unpaired) electrons. The van der Waals surface area contributed by atoms with E-state index in [1.165, 1.54) is 28.8 Å². The van der Waals surface area contributed by atoms with Gasteiger partial charge in [0.05, 0.1) is 23.2 Å². The number of pyridine rings is 1. The maximum absolute atomic E-state index is 12.6. The lowest BCUT2D eigenvalue weighted by atomic mass is 10.2. The zero-order valence-corrected chi connectivity index (χ0v) is 15.7. The Morgan fingerprint density at radius 2 is 1.97 bits per heavy atom. The zero-order chi connectivity index (χ0) is 20.8. The molecule has 8 nitrogen and oxygen atoms in total. The van der Waals surface area contributed by atoms with Gasteiger partial charge in [-0.05, 0) is 35.9 Å². The maximum Gasteiger partial charge on any atom is 0.278 e. The van der Waals surface area contributed by atoms with E-state index in [1.54, 1.807) is 36.5 Å². The summed E-state index contributed by atoms with van der Waals surface area (Å²) in [5.41, 5.74) is 2.52. The molecule has 0 aliphatic carbocycles. The zero-order valence-electron chi connectivity index (χ0n) is 15.0. The summed E-state index contributed by atoms with van der Waals surface area (Å²) in [7, 11) is 0. The standard InChI is InChI=1S/C20H15ClN4O4/c21-16-7-3-5-14(11-16)13-24-10-4-8-17(20(24)27)19(26)23-22-12-15-6-1-2-9-18(15)25(28)29/h1-12H,13H2,(H,23,26)/b22-12-. The van der Waals surface area contributed by atoms with Crippen LogP contribution < -0.4 is 11.0 Å². The van der Waals surface area contributed by atoms with Crippen LogP contribution in [0, 0.1) is 10.1 Å². The number of carbonyl (C=O) groups is 1. The number of para-hydroxylation sites is 1. The summed E-state index contributed by atoms with van der Waals surface area (Å²) in [4.78, 5) is 35.4. The quantitative estimate of drug-likeness (QED) is 0.382. The minimum atomic E-state index is -0.717. The topological polar surface area (TPSA) is 107 Å². The Kier molecular flexibility index (Phi) is 6.16. The first-order chi connectivity index (χ1) is 14.0.